The fraction of sp³-hybridized carbons (Fsp3) is 0.462. The molecule has 0 aromatic carbocycles. The van der Waals surface area contributed by atoms with Crippen LogP contribution in [0.3, 0.4) is 0 Å². The lowest BCUT2D eigenvalue weighted by atomic mass is 10.2. The fourth-order valence-electron chi connectivity index (χ4n) is 1.57. The Hall–Kier alpha value is -2.43. The van der Waals surface area contributed by atoms with Crippen LogP contribution < -0.4 is 10.6 Å². The first-order chi connectivity index (χ1) is 11.0. The molecule has 0 saturated carbocycles. The summed E-state index contributed by atoms with van der Waals surface area (Å²) in [5.74, 6) is -1.78. The van der Waals surface area contributed by atoms with Crippen molar-refractivity contribution in [2.75, 3.05) is 11.9 Å². The number of aromatic nitrogens is 1. The first kappa shape index (κ1) is 19.6. The van der Waals surface area contributed by atoms with Gasteiger partial charge >= 0.3 is 17.9 Å². The number of hydrogen-bond donors (Lipinski definition) is 3. The first-order valence-corrected chi connectivity index (χ1v) is 7.55. The van der Waals surface area contributed by atoms with Gasteiger partial charge in [0.25, 0.3) is 0 Å². The molecule has 3 N–H and O–H groups in total. The van der Waals surface area contributed by atoms with E-state index in [0.717, 1.165) is 0 Å². The summed E-state index contributed by atoms with van der Waals surface area (Å²) >= 11 is 3.12. The minimum atomic E-state index is -1.35. The van der Waals surface area contributed by atoms with Gasteiger partial charge in [-0.1, -0.05) is 0 Å². The van der Waals surface area contributed by atoms with Gasteiger partial charge in [0.05, 0.1) is 4.47 Å². The van der Waals surface area contributed by atoms with Crippen molar-refractivity contribution in [3.05, 3.63) is 26.9 Å². The van der Waals surface area contributed by atoms with E-state index in [1.807, 2.05) is 0 Å². The number of pyridine rings is 1. The summed E-state index contributed by atoms with van der Waals surface area (Å²) in [5.41, 5.74) is -0.764. The molecule has 24 heavy (non-hydrogen) atoms. The predicted octanol–water partition coefficient (Wildman–Crippen LogP) is 2.14. The van der Waals surface area contributed by atoms with Crippen LogP contribution in [-0.4, -0.2) is 45.3 Å². The Morgan fingerprint density at radius 3 is 2.62 bits per heavy atom. The lowest BCUT2D eigenvalue weighted by Crippen LogP contribution is -2.47. The molecule has 1 aromatic heterocycles. The molecule has 0 aliphatic heterocycles. The SMILES string of the molecule is CC(C)(C)OC(=O)NC(CNc1cc(Br)cnc1[N+](=O)[O-])C(=O)O. The highest BCUT2D eigenvalue weighted by Gasteiger charge is 2.25. The molecule has 0 spiro atoms. The van der Waals surface area contributed by atoms with Gasteiger partial charge in [0.2, 0.25) is 0 Å². The molecule has 1 unspecified atom stereocenters. The highest BCUT2D eigenvalue weighted by molar-refractivity contribution is 9.10. The molecular weight excluding hydrogens is 388 g/mol. The normalized spacial score (nSPS) is 12.2. The smallest absolute Gasteiger partial charge is 0.408 e. The van der Waals surface area contributed by atoms with E-state index in [1.165, 1.54) is 12.3 Å². The zero-order valence-corrected chi connectivity index (χ0v) is 14.8. The van der Waals surface area contributed by atoms with Gasteiger partial charge in [-0.25, -0.2) is 9.59 Å². The van der Waals surface area contributed by atoms with Crippen molar-refractivity contribution in [2.24, 2.45) is 0 Å². The molecule has 0 bridgehead atoms. The van der Waals surface area contributed by atoms with E-state index >= 15 is 0 Å². The Morgan fingerprint density at radius 1 is 1.50 bits per heavy atom. The van der Waals surface area contributed by atoms with Crippen molar-refractivity contribution < 1.29 is 24.4 Å². The van der Waals surface area contributed by atoms with Crippen molar-refractivity contribution in [3.8, 4) is 0 Å². The van der Waals surface area contributed by atoms with E-state index in [4.69, 9.17) is 9.84 Å². The van der Waals surface area contributed by atoms with Crippen molar-refractivity contribution in [3.63, 3.8) is 0 Å². The quantitative estimate of drug-likeness (QED) is 0.482. The molecule has 1 atom stereocenters. The Labute approximate surface area is 145 Å². The number of carboxylic acids is 1. The molecule has 1 heterocycles. The third kappa shape index (κ3) is 6.36. The third-order valence-electron chi connectivity index (χ3n) is 2.49. The van der Waals surface area contributed by atoms with Crippen LogP contribution in [0.5, 0.6) is 0 Å². The largest absolute Gasteiger partial charge is 0.480 e. The average Bonchev–Trinajstić information content (AvgIpc) is 2.40. The van der Waals surface area contributed by atoms with Gasteiger partial charge in [0, 0.05) is 6.54 Å². The van der Waals surface area contributed by atoms with Crippen LogP contribution in [0.4, 0.5) is 16.3 Å². The van der Waals surface area contributed by atoms with Crippen molar-refractivity contribution in [1.29, 1.82) is 0 Å². The van der Waals surface area contributed by atoms with Crippen LogP contribution in [-0.2, 0) is 9.53 Å². The van der Waals surface area contributed by atoms with Crippen LogP contribution in [0, 0.1) is 10.1 Å². The second-order valence-corrected chi connectivity index (χ2v) is 6.62. The minimum absolute atomic E-state index is 0.0200. The van der Waals surface area contributed by atoms with Gasteiger partial charge in [0.1, 0.15) is 17.3 Å². The number of nitrogens with one attached hydrogen (secondary N) is 2. The number of aliphatic carboxylic acids is 1. The topological polar surface area (TPSA) is 144 Å². The second kappa shape index (κ2) is 7.90. The number of halogens is 1. The summed E-state index contributed by atoms with van der Waals surface area (Å²) < 4.78 is 5.46. The van der Waals surface area contributed by atoms with E-state index < -0.39 is 34.4 Å². The lowest BCUT2D eigenvalue weighted by molar-refractivity contribution is -0.388. The van der Waals surface area contributed by atoms with E-state index in [1.54, 1.807) is 20.8 Å². The summed E-state index contributed by atoms with van der Waals surface area (Å²) in [7, 11) is 0. The molecular formula is C13H17BrN4O6. The highest BCUT2D eigenvalue weighted by Crippen LogP contribution is 2.24. The van der Waals surface area contributed by atoms with Gasteiger partial charge in [-0.3, -0.25) is 0 Å². The molecule has 0 fully saturated rings. The van der Waals surface area contributed by atoms with Crippen LogP contribution >= 0.6 is 15.9 Å². The number of anilines is 1. The van der Waals surface area contributed by atoms with E-state index in [2.05, 4.69) is 31.5 Å². The molecule has 0 radical (unpaired) electrons. The lowest BCUT2D eigenvalue weighted by Gasteiger charge is -2.22. The van der Waals surface area contributed by atoms with Gasteiger partial charge < -0.3 is 30.6 Å². The molecule has 1 amide bonds. The average molecular weight is 405 g/mol. The molecule has 0 saturated heterocycles. The summed E-state index contributed by atoms with van der Waals surface area (Å²) in [5, 5.41) is 24.9. The zero-order chi connectivity index (χ0) is 18.5. The van der Waals surface area contributed by atoms with E-state index in [9.17, 15) is 19.7 Å². The Kier molecular flexibility index (Phi) is 6.46. The number of carboxylic acid groups (broad SMARTS) is 1. The minimum Gasteiger partial charge on any atom is -0.480 e. The van der Waals surface area contributed by atoms with Crippen molar-refractivity contribution in [1.82, 2.24) is 10.3 Å². The molecule has 132 valence electrons. The maximum absolute atomic E-state index is 11.7. The van der Waals surface area contributed by atoms with Crippen LogP contribution in [0.25, 0.3) is 0 Å². The summed E-state index contributed by atoms with van der Waals surface area (Å²) in [6.07, 6.45) is 0.343. The molecule has 0 aliphatic carbocycles. The number of ether oxygens (including phenoxy) is 1. The number of carbonyl (C=O) groups excluding carboxylic acids is 1. The molecule has 1 rings (SSSR count). The molecule has 0 aliphatic rings. The number of nitro groups is 1. The summed E-state index contributed by atoms with van der Waals surface area (Å²) in [6, 6.07) is 0.0378. The predicted molar refractivity (Wildman–Crippen MR) is 87.9 cm³/mol. The zero-order valence-electron chi connectivity index (χ0n) is 13.2. The van der Waals surface area contributed by atoms with Gasteiger partial charge in [-0.05, 0) is 52.7 Å². The number of amides is 1. The maximum atomic E-state index is 11.7. The van der Waals surface area contributed by atoms with Crippen molar-refractivity contribution in [2.45, 2.75) is 32.4 Å². The standard InChI is InChI=1S/C13H17BrN4O6/c1-13(2,3)24-12(21)17-9(11(19)20)6-15-8-4-7(14)5-16-10(8)18(22)23/h4-5,9,15H,6H2,1-3H3,(H,17,21)(H,19,20). The van der Waals surface area contributed by atoms with Gasteiger partial charge in [-0.15, -0.1) is 0 Å². The number of rotatable bonds is 6. The van der Waals surface area contributed by atoms with Crippen molar-refractivity contribution >= 4 is 39.5 Å². The van der Waals surface area contributed by atoms with E-state index in [-0.39, 0.29) is 12.2 Å². The summed E-state index contributed by atoms with van der Waals surface area (Å²) in [4.78, 5) is 36.8. The fourth-order valence-corrected chi connectivity index (χ4v) is 1.90. The Balaban J connectivity index is 2.81. The Morgan fingerprint density at radius 2 is 2.12 bits per heavy atom. The molecule has 11 heteroatoms. The Bertz CT molecular complexity index is 646. The third-order valence-corrected chi connectivity index (χ3v) is 2.93. The van der Waals surface area contributed by atoms with Crippen LogP contribution in [0.15, 0.2) is 16.7 Å². The van der Waals surface area contributed by atoms with Gasteiger partial charge in [0.15, 0.2) is 6.20 Å². The van der Waals surface area contributed by atoms with Crippen LogP contribution in [0.1, 0.15) is 20.8 Å². The number of alkyl carbamates (subject to hydrolysis) is 1. The second-order valence-electron chi connectivity index (χ2n) is 5.70. The highest BCUT2D eigenvalue weighted by atomic mass is 79.9. The summed E-state index contributed by atoms with van der Waals surface area (Å²) in [6.45, 7) is 4.61. The molecule has 10 nitrogen and oxygen atoms in total. The first-order valence-electron chi connectivity index (χ1n) is 6.75. The number of nitrogens with zero attached hydrogens (tertiary/aromatic N) is 2. The number of hydrogen-bond acceptors (Lipinski definition) is 7. The van der Waals surface area contributed by atoms with E-state index in [0.29, 0.717) is 4.47 Å². The molecule has 1 aromatic rings. The van der Waals surface area contributed by atoms with Crippen LogP contribution in [0.2, 0.25) is 0 Å². The van der Waals surface area contributed by atoms with Gasteiger partial charge in [-0.2, -0.15) is 0 Å². The monoisotopic (exact) mass is 404 g/mol. The number of carbonyl (C=O) groups is 2. The maximum Gasteiger partial charge on any atom is 0.408 e.